The summed E-state index contributed by atoms with van der Waals surface area (Å²) in [4.78, 5) is 0. The van der Waals surface area contributed by atoms with E-state index in [4.69, 9.17) is 4.74 Å². The predicted molar refractivity (Wildman–Crippen MR) is 89.5 cm³/mol. The fourth-order valence-corrected chi connectivity index (χ4v) is 3.85. The Balaban J connectivity index is 1.90. The molecule has 21 heavy (non-hydrogen) atoms. The van der Waals surface area contributed by atoms with Crippen LogP contribution < -0.4 is 5.32 Å². The van der Waals surface area contributed by atoms with E-state index in [0.717, 1.165) is 6.54 Å². The van der Waals surface area contributed by atoms with E-state index in [1.807, 2.05) is 0 Å². The van der Waals surface area contributed by atoms with Gasteiger partial charge in [0, 0.05) is 12.0 Å². The molecule has 1 heterocycles. The lowest BCUT2D eigenvalue weighted by Gasteiger charge is -2.29. The number of aryl methyl sites for hydroxylation is 1. The van der Waals surface area contributed by atoms with E-state index < -0.39 is 0 Å². The van der Waals surface area contributed by atoms with Gasteiger partial charge in [-0.15, -0.1) is 0 Å². The molecule has 2 heteroatoms. The van der Waals surface area contributed by atoms with Gasteiger partial charge in [0.25, 0.3) is 0 Å². The highest BCUT2D eigenvalue weighted by molar-refractivity contribution is 5.14. The Morgan fingerprint density at radius 2 is 1.81 bits per heavy atom. The number of ether oxygens (including phenoxy) is 1. The van der Waals surface area contributed by atoms with Gasteiger partial charge in [-0.25, -0.2) is 0 Å². The second-order valence-corrected chi connectivity index (χ2v) is 6.52. The van der Waals surface area contributed by atoms with Gasteiger partial charge in [0.05, 0.1) is 12.2 Å². The summed E-state index contributed by atoms with van der Waals surface area (Å²) in [5.74, 6) is 1.27. The zero-order chi connectivity index (χ0) is 15.2. The van der Waals surface area contributed by atoms with Crippen molar-refractivity contribution < 1.29 is 4.74 Å². The first-order valence-electron chi connectivity index (χ1n) is 8.56. The molecule has 2 nitrogen and oxygen atoms in total. The van der Waals surface area contributed by atoms with Crippen molar-refractivity contribution in [1.29, 1.82) is 0 Å². The van der Waals surface area contributed by atoms with Gasteiger partial charge >= 0.3 is 0 Å². The Bertz CT molecular complexity index is 405. The zero-order valence-electron chi connectivity index (χ0n) is 14.0. The molecule has 1 N–H and O–H groups in total. The Labute approximate surface area is 130 Å². The Hall–Kier alpha value is -0.860. The minimum atomic E-state index is 0.371. The lowest BCUT2D eigenvalue weighted by Crippen LogP contribution is -2.41. The fourth-order valence-electron chi connectivity index (χ4n) is 3.85. The molecule has 1 saturated heterocycles. The molecule has 1 aliphatic rings. The summed E-state index contributed by atoms with van der Waals surface area (Å²) in [6.45, 7) is 10.1. The van der Waals surface area contributed by atoms with Crippen LogP contribution in [-0.4, -0.2) is 24.8 Å². The molecular formula is C19H31NO. The van der Waals surface area contributed by atoms with Crippen LogP contribution in [0.5, 0.6) is 0 Å². The van der Waals surface area contributed by atoms with Crippen LogP contribution in [0.3, 0.4) is 0 Å². The summed E-state index contributed by atoms with van der Waals surface area (Å²) < 4.78 is 6.04. The molecule has 0 radical (unpaired) electrons. The lowest BCUT2D eigenvalue weighted by atomic mass is 9.81. The topological polar surface area (TPSA) is 21.3 Å². The lowest BCUT2D eigenvalue weighted by molar-refractivity contribution is 0.0472. The van der Waals surface area contributed by atoms with Crippen molar-refractivity contribution in [2.75, 3.05) is 6.54 Å². The second-order valence-electron chi connectivity index (χ2n) is 6.52. The molecule has 0 aliphatic carbocycles. The monoisotopic (exact) mass is 289 g/mol. The molecule has 0 bridgehead atoms. The van der Waals surface area contributed by atoms with Crippen molar-refractivity contribution in [3.8, 4) is 0 Å². The van der Waals surface area contributed by atoms with Crippen molar-refractivity contribution in [1.82, 2.24) is 5.32 Å². The van der Waals surface area contributed by atoms with Gasteiger partial charge in [-0.1, -0.05) is 44.2 Å². The first-order valence-corrected chi connectivity index (χ1v) is 8.56. The molecule has 0 saturated carbocycles. The Kier molecular flexibility index (Phi) is 6.25. The quantitative estimate of drug-likeness (QED) is 0.817. The number of benzene rings is 1. The summed E-state index contributed by atoms with van der Waals surface area (Å²) in [6.07, 6.45) is 4.41. The molecule has 5 unspecified atom stereocenters. The molecule has 1 aromatic carbocycles. The van der Waals surface area contributed by atoms with Crippen molar-refractivity contribution in [3.63, 3.8) is 0 Å². The van der Waals surface area contributed by atoms with E-state index in [1.165, 1.54) is 24.8 Å². The van der Waals surface area contributed by atoms with Gasteiger partial charge in [-0.2, -0.15) is 0 Å². The summed E-state index contributed by atoms with van der Waals surface area (Å²) in [5.41, 5.74) is 1.45. The van der Waals surface area contributed by atoms with Crippen molar-refractivity contribution >= 4 is 0 Å². The highest BCUT2D eigenvalue weighted by Gasteiger charge is 2.40. The summed E-state index contributed by atoms with van der Waals surface area (Å²) in [6, 6.07) is 11.4. The van der Waals surface area contributed by atoms with Gasteiger partial charge in [0.2, 0.25) is 0 Å². The van der Waals surface area contributed by atoms with E-state index in [9.17, 15) is 0 Å². The third kappa shape index (κ3) is 4.31. The second kappa shape index (κ2) is 7.95. The van der Waals surface area contributed by atoms with Crippen molar-refractivity contribution in [3.05, 3.63) is 35.9 Å². The van der Waals surface area contributed by atoms with Gasteiger partial charge in [-0.3, -0.25) is 0 Å². The molecule has 5 atom stereocenters. The number of rotatable bonds is 7. The molecule has 0 aromatic heterocycles. The minimum absolute atomic E-state index is 0.371. The summed E-state index contributed by atoms with van der Waals surface area (Å²) >= 11 is 0. The Morgan fingerprint density at radius 1 is 1.10 bits per heavy atom. The number of hydrogen-bond donors (Lipinski definition) is 1. The maximum absolute atomic E-state index is 6.04. The standard InChI is InChI=1S/C19H31NO/c1-5-20-18(19-14(2)15(3)21-16(19)4)13-9-12-17-10-7-6-8-11-17/h6-8,10-11,14-16,18-20H,5,9,12-13H2,1-4H3. The highest BCUT2D eigenvalue weighted by atomic mass is 16.5. The fraction of sp³-hybridized carbons (Fsp3) is 0.684. The van der Waals surface area contributed by atoms with Gasteiger partial charge in [0.1, 0.15) is 0 Å². The first kappa shape index (κ1) is 16.5. The van der Waals surface area contributed by atoms with E-state index in [2.05, 4.69) is 63.3 Å². The van der Waals surface area contributed by atoms with Crippen LogP contribution in [0, 0.1) is 11.8 Å². The molecule has 0 spiro atoms. The van der Waals surface area contributed by atoms with Crippen molar-refractivity contribution in [2.45, 2.75) is 65.2 Å². The normalized spacial score (nSPS) is 30.5. The maximum atomic E-state index is 6.04. The zero-order valence-corrected chi connectivity index (χ0v) is 14.0. The van der Waals surface area contributed by atoms with E-state index in [0.29, 0.717) is 30.1 Å². The number of nitrogens with one attached hydrogen (secondary N) is 1. The average molecular weight is 289 g/mol. The van der Waals surface area contributed by atoms with Crippen LogP contribution in [0.2, 0.25) is 0 Å². The molecule has 1 fully saturated rings. The van der Waals surface area contributed by atoms with Gasteiger partial charge in [-0.05, 0) is 51.1 Å². The smallest absolute Gasteiger partial charge is 0.0597 e. The molecule has 118 valence electrons. The maximum Gasteiger partial charge on any atom is 0.0597 e. The predicted octanol–water partition coefficient (Wildman–Crippen LogP) is 4.05. The van der Waals surface area contributed by atoms with Gasteiger partial charge < -0.3 is 10.1 Å². The molecule has 1 aromatic rings. The van der Waals surface area contributed by atoms with Gasteiger partial charge in [0.15, 0.2) is 0 Å². The van der Waals surface area contributed by atoms with Crippen LogP contribution in [-0.2, 0) is 11.2 Å². The van der Waals surface area contributed by atoms with E-state index in [-0.39, 0.29) is 0 Å². The van der Waals surface area contributed by atoms with Crippen LogP contribution in [0.1, 0.15) is 46.1 Å². The molecule has 1 aliphatic heterocycles. The Morgan fingerprint density at radius 3 is 2.38 bits per heavy atom. The van der Waals surface area contributed by atoms with Crippen LogP contribution in [0.25, 0.3) is 0 Å². The first-order chi connectivity index (χ1) is 10.1. The minimum Gasteiger partial charge on any atom is -0.375 e. The molecule has 0 amide bonds. The van der Waals surface area contributed by atoms with Crippen molar-refractivity contribution in [2.24, 2.45) is 11.8 Å². The van der Waals surface area contributed by atoms with E-state index in [1.54, 1.807) is 0 Å². The third-order valence-corrected chi connectivity index (χ3v) is 5.07. The van der Waals surface area contributed by atoms with Crippen LogP contribution in [0.4, 0.5) is 0 Å². The van der Waals surface area contributed by atoms with E-state index >= 15 is 0 Å². The SMILES string of the molecule is CCNC(CCCc1ccccc1)C1C(C)OC(C)C1C. The third-order valence-electron chi connectivity index (χ3n) is 5.07. The highest BCUT2D eigenvalue weighted by Crippen LogP contribution is 2.35. The average Bonchev–Trinajstić information content (AvgIpc) is 2.73. The number of hydrogen-bond acceptors (Lipinski definition) is 2. The molecule has 2 rings (SSSR count). The summed E-state index contributed by atoms with van der Waals surface area (Å²) in [7, 11) is 0. The summed E-state index contributed by atoms with van der Waals surface area (Å²) in [5, 5.41) is 3.71. The largest absolute Gasteiger partial charge is 0.375 e. The molecular weight excluding hydrogens is 258 g/mol. The van der Waals surface area contributed by atoms with Crippen LogP contribution >= 0.6 is 0 Å². The van der Waals surface area contributed by atoms with Crippen LogP contribution in [0.15, 0.2) is 30.3 Å².